The largest absolute Gasteiger partial charge is 0.345 e. The van der Waals surface area contributed by atoms with Gasteiger partial charge >= 0.3 is 0 Å². The summed E-state index contributed by atoms with van der Waals surface area (Å²) >= 11 is 0. The predicted molar refractivity (Wildman–Crippen MR) is 101 cm³/mol. The Balaban J connectivity index is 1.82. The third-order valence-corrected chi connectivity index (χ3v) is 4.81. The Labute approximate surface area is 159 Å². The molecule has 0 bridgehead atoms. The number of rotatable bonds is 4. The lowest BCUT2D eigenvalue weighted by molar-refractivity contribution is -0.134. The van der Waals surface area contributed by atoms with Crippen molar-refractivity contribution in [2.45, 2.75) is 38.6 Å². The summed E-state index contributed by atoms with van der Waals surface area (Å²) in [7, 11) is 3.41. The van der Waals surface area contributed by atoms with Crippen molar-refractivity contribution in [3.05, 3.63) is 53.4 Å². The number of nitrogens with zero attached hydrogens (tertiary/aromatic N) is 5. The Morgan fingerprint density at radius 3 is 2.70 bits per heavy atom. The van der Waals surface area contributed by atoms with Gasteiger partial charge < -0.3 is 9.80 Å². The van der Waals surface area contributed by atoms with Gasteiger partial charge in [0.25, 0.3) is 5.91 Å². The number of carbonyl (C=O) groups is 2. The molecule has 2 amide bonds. The van der Waals surface area contributed by atoms with Crippen LogP contribution in [0.2, 0.25) is 0 Å². The molecule has 7 heteroatoms. The molecule has 1 saturated heterocycles. The topological polar surface area (TPSA) is 79.3 Å². The van der Waals surface area contributed by atoms with Crippen molar-refractivity contribution >= 4 is 11.8 Å². The van der Waals surface area contributed by atoms with E-state index in [0.29, 0.717) is 23.6 Å². The average Bonchev–Trinajstić information content (AvgIpc) is 2.68. The lowest BCUT2D eigenvalue weighted by Crippen LogP contribution is -2.40. The van der Waals surface area contributed by atoms with Gasteiger partial charge in [-0.3, -0.25) is 14.6 Å². The smallest absolute Gasteiger partial charge is 0.256 e. The van der Waals surface area contributed by atoms with E-state index in [0.717, 1.165) is 25.0 Å². The van der Waals surface area contributed by atoms with E-state index >= 15 is 0 Å². The monoisotopic (exact) mass is 367 g/mol. The molecule has 0 radical (unpaired) electrons. The van der Waals surface area contributed by atoms with Crippen LogP contribution in [-0.4, -0.2) is 57.2 Å². The first-order valence-corrected chi connectivity index (χ1v) is 9.22. The van der Waals surface area contributed by atoms with Crippen LogP contribution in [0.25, 0.3) is 0 Å². The van der Waals surface area contributed by atoms with Crippen molar-refractivity contribution in [2.24, 2.45) is 0 Å². The Bertz CT molecular complexity index is 822. The molecule has 7 nitrogen and oxygen atoms in total. The summed E-state index contributed by atoms with van der Waals surface area (Å²) in [4.78, 5) is 41.7. The standard InChI is InChI=1S/C20H25N5O2/c1-14-16(20(27)24(2)3)13-22-19(23-14)17-9-5-7-11-25(17)18(26)12-15-8-4-6-10-21-15/h4,6,8,10,13,17H,5,7,9,11-12H2,1-3H3/t17-/m0/s1. The summed E-state index contributed by atoms with van der Waals surface area (Å²) in [6.07, 6.45) is 6.38. The minimum Gasteiger partial charge on any atom is -0.345 e. The second-order valence-electron chi connectivity index (χ2n) is 7.02. The molecule has 1 aliphatic rings. The van der Waals surface area contributed by atoms with Crippen LogP contribution in [0, 0.1) is 6.92 Å². The number of hydrogen-bond donors (Lipinski definition) is 0. The normalized spacial score (nSPS) is 16.9. The highest BCUT2D eigenvalue weighted by molar-refractivity contribution is 5.94. The van der Waals surface area contributed by atoms with Crippen LogP contribution in [0.15, 0.2) is 30.6 Å². The molecule has 0 saturated carbocycles. The fraction of sp³-hybridized carbons (Fsp3) is 0.450. The maximum Gasteiger partial charge on any atom is 0.256 e. The quantitative estimate of drug-likeness (QED) is 0.827. The number of hydrogen-bond acceptors (Lipinski definition) is 5. The first-order valence-electron chi connectivity index (χ1n) is 9.22. The zero-order valence-electron chi connectivity index (χ0n) is 16.1. The molecule has 0 aliphatic carbocycles. The van der Waals surface area contributed by atoms with Crippen molar-refractivity contribution in [3.63, 3.8) is 0 Å². The van der Waals surface area contributed by atoms with E-state index in [4.69, 9.17) is 0 Å². The zero-order chi connectivity index (χ0) is 19.4. The highest BCUT2D eigenvalue weighted by Gasteiger charge is 2.30. The van der Waals surface area contributed by atoms with Gasteiger partial charge in [0.1, 0.15) is 0 Å². The molecule has 142 valence electrons. The summed E-state index contributed by atoms with van der Waals surface area (Å²) in [5.74, 6) is 0.524. The molecule has 0 aromatic carbocycles. The number of likely N-dealkylation sites (tertiary alicyclic amines) is 1. The van der Waals surface area contributed by atoms with E-state index in [1.54, 1.807) is 26.5 Å². The Kier molecular flexibility index (Phi) is 5.78. The minimum atomic E-state index is -0.155. The molecule has 0 unspecified atom stereocenters. The van der Waals surface area contributed by atoms with Crippen LogP contribution in [0.5, 0.6) is 0 Å². The van der Waals surface area contributed by atoms with E-state index in [-0.39, 0.29) is 24.3 Å². The van der Waals surface area contributed by atoms with E-state index in [2.05, 4.69) is 15.0 Å². The molecule has 0 spiro atoms. The Morgan fingerprint density at radius 1 is 1.22 bits per heavy atom. The van der Waals surface area contributed by atoms with Crippen LogP contribution < -0.4 is 0 Å². The molecule has 27 heavy (non-hydrogen) atoms. The van der Waals surface area contributed by atoms with Gasteiger partial charge in [0.2, 0.25) is 5.91 Å². The average molecular weight is 367 g/mol. The van der Waals surface area contributed by atoms with Gasteiger partial charge in [-0.25, -0.2) is 9.97 Å². The molecule has 2 aromatic heterocycles. The van der Waals surface area contributed by atoms with Crippen LogP contribution >= 0.6 is 0 Å². The van der Waals surface area contributed by atoms with Gasteiger partial charge in [-0.1, -0.05) is 6.07 Å². The number of amides is 2. The highest BCUT2D eigenvalue weighted by atomic mass is 16.2. The van der Waals surface area contributed by atoms with Gasteiger partial charge in [0.05, 0.1) is 23.7 Å². The molecule has 0 N–H and O–H groups in total. The summed E-state index contributed by atoms with van der Waals surface area (Å²) < 4.78 is 0. The predicted octanol–water partition coefficient (Wildman–Crippen LogP) is 2.18. The fourth-order valence-corrected chi connectivity index (χ4v) is 3.35. The summed E-state index contributed by atoms with van der Waals surface area (Å²) in [5, 5.41) is 0. The van der Waals surface area contributed by atoms with E-state index in [1.165, 1.54) is 4.90 Å². The molecular weight excluding hydrogens is 342 g/mol. The van der Waals surface area contributed by atoms with Crippen molar-refractivity contribution in [2.75, 3.05) is 20.6 Å². The second-order valence-corrected chi connectivity index (χ2v) is 7.02. The maximum absolute atomic E-state index is 12.9. The summed E-state index contributed by atoms with van der Waals surface area (Å²) in [6, 6.07) is 5.43. The van der Waals surface area contributed by atoms with Crippen molar-refractivity contribution in [3.8, 4) is 0 Å². The molecule has 1 atom stereocenters. The molecule has 1 aliphatic heterocycles. The lowest BCUT2D eigenvalue weighted by atomic mass is 10.00. The molecule has 1 fully saturated rings. The minimum absolute atomic E-state index is 0.0353. The summed E-state index contributed by atoms with van der Waals surface area (Å²) in [6.45, 7) is 2.50. The van der Waals surface area contributed by atoms with Gasteiger partial charge in [0, 0.05) is 38.7 Å². The van der Waals surface area contributed by atoms with E-state index < -0.39 is 0 Å². The number of aryl methyl sites for hydroxylation is 1. The summed E-state index contributed by atoms with van der Waals surface area (Å²) in [5.41, 5.74) is 1.89. The fourth-order valence-electron chi connectivity index (χ4n) is 3.35. The van der Waals surface area contributed by atoms with Crippen molar-refractivity contribution < 1.29 is 9.59 Å². The Hall–Kier alpha value is -2.83. The van der Waals surface area contributed by atoms with Crippen LogP contribution in [0.1, 0.15) is 52.9 Å². The van der Waals surface area contributed by atoms with Crippen LogP contribution in [0.3, 0.4) is 0 Å². The second kappa shape index (κ2) is 8.24. The molecule has 3 rings (SSSR count). The van der Waals surface area contributed by atoms with E-state index in [9.17, 15) is 9.59 Å². The first-order chi connectivity index (χ1) is 13.0. The maximum atomic E-state index is 12.9. The van der Waals surface area contributed by atoms with Gasteiger partial charge in [0.15, 0.2) is 5.82 Å². The van der Waals surface area contributed by atoms with Gasteiger partial charge in [-0.15, -0.1) is 0 Å². The highest BCUT2D eigenvalue weighted by Crippen LogP contribution is 2.29. The molecule has 2 aromatic rings. The van der Waals surface area contributed by atoms with Crippen LogP contribution in [0.4, 0.5) is 0 Å². The van der Waals surface area contributed by atoms with Crippen molar-refractivity contribution in [1.29, 1.82) is 0 Å². The SMILES string of the molecule is Cc1nc([C@@H]2CCCCN2C(=O)Cc2ccccn2)ncc1C(=O)N(C)C. The molecular formula is C20H25N5O2. The van der Waals surface area contributed by atoms with Gasteiger partial charge in [-0.05, 0) is 38.3 Å². The third kappa shape index (κ3) is 4.30. The third-order valence-electron chi connectivity index (χ3n) is 4.81. The first kappa shape index (κ1) is 18.9. The van der Waals surface area contributed by atoms with Gasteiger partial charge in [-0.2, -0.15) is 0 Å². The Morgan fingerprint density at radius 2 is 2.04 bits per heavy atom. The number of pyridine rings is 1. The number of aromatic nitrogens is 3. The number of carbonyl (C=O) groups excluding carboxylic acids is 2. The van der Waals surface area contributed by atoms with Crippen molar-refractivity contribution in [1.82, 2.24) is 24.8 Å². The van der Waals surface area contributed by atoms with Crippen LogP contribution in [-0.2, 0) is 11.2 Å². The molecule has 3 heterocycles. The lowest BCUT2D eigenvalue weighted by Gasteiger charge is -2.35. The van der Waals surface area contributed by atoms with E-state index in [1.807, 2.05) is 30.0 Å². The number of piperidine rings is 1. The zero-order valence-corrected chi connectivity index (χ0v) is 16.1.